The Balaban J connectivity index is 0.00000221. The Kier molecular flexibility index (Phi) is 10.4. The van der Waals surface area contributed by atoms with Crippen molar-refractivity contribution in [2.24, 2.45) is 0 Å². The number of benzene rings is 2. The van der Waals surface area contributed by atoms with E-state index in [4.69, 9.17) is 4.74 Å². The van der Waals surface area contributed by atoms with Gasteiger partial charge in [0.25, 0.3) is 15.9 Å². The standard InChI is InChI=1S/C31H36N4O5S2.2ClH/c1-22-10-11-27-26(21-22)31(25-8-5-4-7-23(25)2,29(36)35(27)42(38,39)28-9-6-20-41-28)40-30(37)34-18-16-33(17-19-34)24-12-14-32(3)15-13-24;;/h4-11,20-21,24H,12-19H2,1-3H3;2*1H. The van der Waals surface area contributed by atoms with Crippen molar-refractivity contribution < 1.29 is 22.7 Å². The van der Waals surface area contributed by atoms with E-state index in [1.165, 1.54) is 6.07 Å². The molecule has 13 heteroatoms. The third kappa shape index (κ3) is 5.86. The second kappa shape index (κ2) is 13.4. The molecule has 0 radical (unpaired) electrons. The molecule has 3 aliphatic heterocycles. The number of halogens is 2. The molecular formula is C31H38Cl2N4O5S2. The second-order valence-electron chi connectivity index (χ2n) is 11.4. The normalized spacial score (nSPS) is 21.4. The number of hydrogen-bond acceptors (Lipinski definition) is 8. The van der Waals surface area contributed by atoms with Crippen molar-refractivity contribution in [3.8, 4) is 0 Å². The van der Waals surface area contributed by atoms with Gasteiger partial charge in [0.1, 0.15) is 4.21 Å². The molecule has 1 aromatic heterocycles. The molecule has 2 saturated heterocycles. The number of piperazine rings is 1. The molecule has 3 aliphatic rings. The van der Waals surface area contributed by atoms with Crippen LogP contribution in [0, 0.1) is 13.8 Å². The Morgan fingerprint density at radius 1 is 0.909 bits per heavy atom. The molecule has 238 valence electrons. The molecule has 0 spiro atoms. The fraction of sp³-hybridized carbons (Fsp3) is 0.419. The van der Waals surface area contributed by atoms with Gasteiger partial charge in [-0.25, -0.2) is 4.79 Å². The van der Waals surface area contributed by atoms with E-state index in [-0.39, 0.29) is 34.7 Å². The molecule has 0 aliphatic carbocycles. The molecule has 2 fully saturated rings. The van der Waals surface area contributed by atoms with E-state index in [1.807, 2.05) is 26.0 Å². The number of hydrogen-bond donors (Lipinski definition) is 0. The topological polar surface area (TPSA) is 90.5 Å². The molecular weight excluding hydrogens is 643 g/mol. The average molecular weight is 682 g/mol. The molecule has 0 saturated carbocycles. The molecule has 1 unspecified atom stereocenters. The summed E-state index contributed by atoms with van der Waals surface area (Å²) in [5.74, 6) is -0.816. The third-order valence-corrected chi connectivity index (χ3v) is 11.8. The van der Waals surface area contributed by atoms with Crippen LogP contribution in [0.2, 0.25) is 0 Å². The quantitative estimate of drug-likeness (QED) is 0.373. The largest absolute Gasteiger partial charge is 0.422 e. The summed E-state index contributed by atoms with van der Waals surface area (Å²) in [7, 11) is -2.12. The minimum Gasteiger partial charge on any atom is -0.422 e. The van der Waals surface area contributed by atoms with Gasteiger partial charge in [-0.05, 0) is 76.0 Å². The van der Waals surface area contributed by atoms with Crippen LogP contribution in [-0.4, -0.2) is 87.5 Å². The Bertz CT molecular complexity index is 1600. The Morgan fingerprint density at radius 2 is 1.59 bits per heavy atom. The van der Waals surface area contributed by atoms with Crippen molar-refractivity contribution in [2.75, 3.05) is 50.6 Å². The highest BCUT2D eigenvalue weighted by Crippen LogP contribution is 2.50. The molecule has 2 aromatic carbocycles. The number of nitrogens with zero attached hydrogens (tertiary/aromatic N) is 4. The zero-order valence-electron chi connectivity index (χ0n) is 25.0. The van der Waals surface area contributed by atoms with E-state index in [9.17, 15) is 18.0 Å². The number of ether oxygens (including phenoxy) is 1. The number of anilines is 1. The molecule has 4 heterocycles. The fourth-order valence-corrected chi connectivity index (χ4v) is 8.94. The van der Waals surface area contributed by atoms with Gasteiger partial charge in [-0.1, -0.05) is 42.0 Å². The molecule has 9 nitrogen and oxygen atoms in total. The minimum absolute atomic E-state index is 0. The lowest BCUT2D eigenvalue weighted by Crippen LogP contribution is -2.55. The minimum atomic E-state index is -4.26. The lowest BCUT2D eigenvalue weighted by molar-refractivity contribution is -0.132. The summed E-state index contributed by atoms with van der Waals surface area (Å²) < 4.78 is 35.0. The zero-order valence-corrected chi connectivity index (χ0v) is 28.2. The van der Waals surface area contributed by atoms with Crippen molar-refractivity contribution in [1.29, 1.82) is 0 Å². The summed E-state index contributed by atoms with van der Waals surface area (Å²) in [6.07, 6.45) is 1.59. The average Bonchev–Trinajstić information content (AvgIpc) is 3.61. The van der Waals surface area contributed by atoms with E-state index >= 15 is 0 Å². The third-order valence-electron chi connectivity index (χ3n) is 8.77. The van der Waals surface area contributed by atoms with Crippen LogP contribution in [0.15, 0.2) is 64.2 Å². The van der Waals surface area contributed by atoms with Gasteiger partial charge in [-0.15, -0.1) is 36.2 Å². The van der Waals surface area contributed by atoms with Crippen molar-refractivity contribution in [3.63, 3.8) is 0 Å². The monoisotopic (exact) mass is 680 g/mol. The van der Waals surface area contributed by atoms with Crippen molar-refractivity contribution in [2.45, 2.75) is 42.5 Å². The zero-order chi connectivity index (χ0) is 29.6. The highest BCUT2D eigenvalue weighted by molar-refractivity contribution is 7.95. The predicted molar refractivity (Wildman–Crippen MR) is 177 cm³/mol. The van der Waals surface area contributed by atoms with Crippen LogP contribution in [-0.2, 0) is 25.2 Å². The number of aryl methyl sites for hydroxylation is 2. The van der Waals surface area contributed by atoms with E-state index in [1.54, 1.807) is 46.7 Å². The SMILES string of the molecule is Cc1ccc2c(c1)C(OC(=O)N1CCN(C3CCN(C)CC3)CC1)(c1ccccc1C)C(=O)N2S(=O)(=O)c1cccs1.Cl.Cl. The van der Waals surface area contributed by atoms with Crippen molar-refractivity contribution in [1.82, 2.24) is 14.7 Å². The molecule has 44 heavy (non-hydrogen) atoms. The number of sulfonamides is 1. The summed E-state index contributed by atoms with van der Waals surface area (Å²) in [5, 5.41) is 1.66. The fourth-order valence-electron chi connectivity index (χ4n) is 6.42. The van der Waals surface area contributed by atoms with Crippen LogP contribution >= 0.6 is 36.2 Å². The Morgan fingerprint density at radius 3 is 2.23 bits per heavy atom. The van der Waals surface area contributed by atoms with Crippen LogP contribution in [0.5, 0.6) is 0 Å². The molecule has 6 rings (SSSR count). The second-order valence-corrected chi connectivity index (χ2v) is 14.4. The first-order chi connectivity index (χ1) is 20.1. The first-order valence-corrected chi connectivity index (χ1v) is 16.7. The molecule has 3 aromatic rings. The Labute approximate surface area is 275 Å². The number of rotatable bonds is 5. The summed E-state index contributed by atoms with van der Waals surface area (Å²) >= 11 is 1.04. The smallest absolute Gasteiger partial charge is 0.411 e. The van der Waals surface area contributed by atoms with E-state index in [0.29, 0.717) is 35.8 Å². The maximum absolute atomic E-state index is 14.6. The first-order valence-electron chi connectivity index (χ1n) is 14.3. The predicted octanol–water partition coefficient (Wildman–Crippen LogP) is 5.04. The van der Waals surface area contributed by atoms with Gasteiger partial charge in [0.05, 0.1) is 5.69 Å². The number of piperidine rings is 1. The molecule has 2 amide bonds. The van der Waals surface area contributed by atoms with E-state index in [2.05, 4.69) is 16.8 Å². The van der Waals surface area contributed by atoms with Gasteiger partial charge in [-0.2, -0.15) is 12.7 Å². The summed E-state index contributed by atoms with van der Waals surface area (Å²) in [6, 6.07) is 16.0. The highest BCUT2D eigenvalue weighted by Gasteiger charge is 2.60. The van der Waals surface area contributed by atoms with Crippen LogP contribution < -0.4 is 4.31 Å². The van der Waals surface area contributed by atoms with Crippen LogP contribution in [0.1, 0.15) is 35.1 Å². The number of carbonyl (C=O) groups excluding carboxylic acids is 2. The van der Waals surface area contributed by atoms with Gasteiger partial charge < -0.3 is 14.5 Å². The van der Waals surface area contributed by atoms with E-state index in [0.717, 1.165) is 60.2 Å². The summed E-state index contributed by atoms with van der Waals surface area (Å²) in [5.41, 5.74) is 0.566. The van der Waals surface area contributed by atoms with Gasteiger partial charge in [0.15, 0.2) is 0 Å². The Hall–Kier alpha value is -2.67. The summed E-state index contributed by atoms with van der Waals surface area (Å²) in [4.78, 5) is 35.0. The van der Waals surface area contributed by atoms with Gasteiger partial charge in [-0.3, -0.25) is 9.69 Å². The number of fused-ring (bicyclic) bond motifs is 1. The van der Waals surface area contributed by atoms with Crippen LogP contribution in [0.25, 0.3) is 0 Å². The first kappa shape index (κ1) is 34.2. The van der Waals surface area contributed by atoms with Crippen molar-refractivity contribution >= 4 is 63.9 Å². The molecule has 0 bridgehead atoms. The maximum Gasteiger partial charge on any atom is 0.411 e. The van der Waals surface area contributed by atoms with Crippen LogP contribution in [0.4, 0.5) is 10.5 Å². The summed E-state index contributed by atoms with van der Waals surface area (Å²) in [6.45, 7) is 8.24. The van der Waals surface area contributed by atoms with Gasteiger partial charge >= 0.3 is 6.09 Å². The lowest BCUT2D eigenvalue weighted by Gasteiger charge is -2.42. The number of amides is 2. The highest BCUT2D eigenvalue weighted by atomic mass is 35.5. The van der Waals surface area contributed by atoms with Gasteiger partial charge in [0.2, 0.25) is 5.60 Å². The van der Waals surface area contributed by atoms with E-state index < -0.39 is 27.6 Å². The maximum atomic E-state index is 14.6. The van der Waals surface area contributed by atoms with Crippen LogP contribution in [0.3, 0.4) is 0 Å². The number of likely N-dealkylation sites (tertiary alicyclic amines) is 1. The molecule has 0 N–H and O–H groups in total. The van der Waals surface area contributed by atoms with Gasteiger partial charge in [0, 0.05) is 43.3 Å². The molecule has 1 atom stereocenters. The lowest BCUT2D eigenvalue weighted by atomic mass is 9.84. The number of carbonyl (C=O) groups is 2. The number of thiophene rings is 1. The van der Waals surface area contributed by atoms with Crippen molar-refractivity contribution in [3.05, 3.63) is 82.2 Å².